The summed E-state index contributed by atoms with van der Waals surface area (Å²) >= 11 is 3.41. The maximum Gasteiger partial charge on any atom is 0.0624 e. The number of hydrogen-bond acceptors (Lipinski definition) is 2. The molecule has 0 heterocycles. The Kier molecular flexibility index (Phi) is 4.11. The summed E-state index contributed by atoms with van der Waals surface area (Å²) in [4.78, 5) is 0. The quantitative estimate of drug-likeness (QED) is 0.875. The van der Waals surface area contributed by atoms with Gasteiger partial charge in [0.05, 0.1) is 12.6 Å². The summed E-state index contributed by atoms with van der Waals surface area (Å²) < 4.78 is 1.00. The van der Waals surface area contributed by atoms with Crippen molar-refractivity contribution >= 4 is 15.9 Å². The molecule has 1 aromatic rings. The number of halogens is 1. The Morgan fingerprint density at radius 3 is 2.50 bits per heavy atom. The van der Waals surface area contributed by atoms with Crippen LogP contribution in [0.15, 0.2) is 22.7 Å². The lowest BCUT2D eigenvalue weighted by molar-refractivity contribution is 0.267. The van der Waals surface area contributed by atoms with Gasteiger partial charge in [0.2, 0.25) is 0 Å². The highest BCUT2D eigenvalue weighted by atomic mass is 79.9. The summed E-state index contributed by atoms with van der Waals surface area (Å²) in [6.45, 7) is 4.23. The molecule has 78 valence electrons. The van der Waals surface area contributed by atoms with Crippen molar-refractivity contribution in [2.45, 2.75) is 25.8 Å². The van der Waals surface area contributed by atoms with E-state index < -0.39 is 0 Å². The Hall–Kier alpha value is -0.380. The second-order valence-electron chi connectivity index (χ2n) is 3.72. The van der Waals surface area contributed by atoms with E-state index >= 15 is 0 Å². The van der Waals surface area contributed by atoms with Crippen LogP contribution in [0.5, 0.6) is 0 Å². The van der Waals surface area contributed by atoms with Gasteiger partial charge in [-0.1, -0.05) is 35.8 Å². The lowest BCUT2D eigenvalue weighted by Crippen LogP contribution is -2.17. The molecule has 2 nitrogen and oxygen atoms in total. The summed E-state index contributed by atoms with van der Waals surface area (Å²) in [6, 6.07) is 5.75. The molecule has 0 aromatic heterocycles. The highest BCUT2D eigenvalue weighted by Gasteiger charge is 2.12. The van der Waals surface area contributed by atoms with Gasteiger partial charge in [0, 0.05) is 4.47 Å². The number of hydrogen-bond donors (Lipinski definition) is 2. The van der Waals surface area contributed by atoms with E-state index in [4.69, 9.17) is 10.8 Å². The van der Waals surface area contributed by atoms with Crippen LogP contribution in [0.3, 0.4) is 0 Å². The summed E-state index contributed by atoms with van der Waals surface area (Å²) in [7, 11) is 0. The minimum atomic E-state index is -0.287. The second-order valence-corrected chi connectivity index (χ2v) is 4.63. The van der Waals surface area contributed by atoms with Crippen molar-refractivity contribution in [2.75, 3.05) is 6.61 Å². The Labute approximate surface area is 93.3 Å². The topological polar surface area (TPSA) is 46.2 Å². The van der Waals surface area contributed by atoms with E-state index in [1.165, 1.54) is 5.56 Å². The first kappa shape index (κ1) is 11.7. The first-order valence-electron chi connectivity index (χ1n) is 4.72. The normalized spacial score (nSPS) is 13.3. The fourth-order valence-electron chi connectivity index (χ4n) is 1.49. The number of nitrogens with two attached hydrogens (primary N) is 1. The van der Waals surface area contributed by atoms with Gasteiger partial charge in [0.15, 0.2) is 0 Å². The second kappa shape index (κ2) is 4.91. The van der Waals surface area contributed by atoms with Gasteiger partial charge in [-0.3, -0.25) is 0 Å². The van der Waals surface area contributed by atoms with Crippen molar-refractivity contribution in [1.82, 2.24) is 0 Å². The summed E-state index contributed by atoms with van der Waals surface area (Å²) in [6.07, 6.45) is 0. The summed E-state index contributed by atoms with van der Waals surface area (Å²) in [5, 5.41) is 9.05. The van der Waals surface area contributed by atoms with Crippen LogP contribution < -0.4 is 5.73 Å². The van der Waals surface area contributed by atoms with E-state index in [0.717, 1.165) is 10.0 Å². The lowest BCUT2D eigenvalue weighted by atomic mass is 9.93. The third-order valence-corrected chi connectivity index (χ3v) is 2.76. The highest BCUT2D eigenvalue weighted by Crippen LogP contribution is 2.26. The van der Waals surface area contributed by atoms with Crippen molar-refractivity contribution in [3.63, 3.8) is 0 Å². The molecule has 0 fully saturated rings. The largest absolute Gasteiger partial charge is 0.394 e. The molecule has 0 amide bonds. The molecule has 1 rings (SSSR count). The van der Waals surface area contributed by atoms with Gasteiger partial charge in [-0.25, -0.2) is 0 Å². The van der Waals surface area contributed by atoms with Crippen LogP contribution in [-0.4, -0.2) is 11.7 Å². The zero-order valence-corrected chi connectivity index (χ0v) is 10.1. The van der Waals surface area contributed by atoms with Gasteiger partial charge in [-0.2, -0.15) is 0 Å². The lowest BCUT2D eigenvalue weighted by Gasteiger charge is -2.17. The Balaban J connectivity index is 3.15. The third kappa shape index (κ3) is 2.56. The van der Waals surface area contributed by atoms with Crippen LogP contribution in [0.25, 0.3) is 0 Å². The number of aliphatic hydroxyl groups excluding tert-OH is 1. The molecular weight excluding hydrogens is 242 g/mol. The molecule has 14 heavy (non-hydrogen) atoms. The Morgan fingerprint density at radius 2 is 2.00 bits per heavy atom. The molecule has 0 spiro atoms. The number of aliphatic hydroxyl groups is 1. The van der Waals surface area contributed by atoms with E-state index in [9.17, 15) is 0 Å². The molecule has 0 aliphatic rings. The van der Waals surface area contributed by atoms with Gasteiger partial charge in [0.25, 0.3) is 0 Å². The summed E-state index contributed by atoms with van der Waals surface area (Å²) in [5.41, 5.74) is 8.06. The Morgan fingerprint density at radius 1 is 1.36 bits per heavy atom. The van der Waals surface area contributed by atoms with Crippen LogP contribution in [0.1, 0.15) is 36.9 Å². The van der Waals surface area contributed by atoms with Crippen LogP contribution in [0, 0.1) is 0 Å². The monoisotopic (exact) mass is 257 g/mol. The van der Waals surface area contributed by atoms with Gasteiger partial charge in [0.1, 0.15) is 0 Å². The van der Waals surface area contributed by atoms with Crippen LogP contribution in [0.2, 0.25) is 0 Å². The van der Waals surface area contributed by atoms with Crippen LogP contribution in [-0.2, 0) is 0 Å². The molecule has 0 bridgehead atoms. The zero-order chi connectivity index (χ0) is 10.7. The Bertz CT molecular complexity index is 312. The predicted molar refractivity (Wildman–Crippen MR) is 62.2 cm³/mol. The number of benzene rings is 1. The molecular formula is C11H16BrNO. The molecule has 3 N–H and O–H groups in total. The standard InChI is InChI=1S/C11H16BrNO/c1-7(2)9-4-3-8(12)5-10(9)11(13)6-14/h3-5,7,11,14H,6,13H2,1-2H3. The maximum atomic E-state index is 9.05. The first-order chi connectivity index (χ1) is 6.56. The predicted octanol–water partition coefficient (Wildman–Crippen LogP) is 2.56. The van der Waals surface area contributed by atoms with Crippen molar-refractivity contribution in [2.24, 2.45) is 5.73 Å². The van der Waals surface area contributed by atoms with E-state index in [0.29, 0.717) is 5.92 Å². The minimum absolute atomic E-state index is 0.0177. The van der Waals surface area contributed by atoms with Gasteiger partial charge in [-0.05, 0) is 29.2 Å². The molecule has 1 atom stereocenters. The molecule has 0 saturated carbocycles. The average molecular weight is 258 g/mol. The van der Waals surface area contributed by atoms with E-state index in [1.54, 1.807) is 0 Å². The summed E-state index contributed by atoms with van der Waals surface area (Å²) in [5.74, 6) is 0.427. The van der Waals surface area contributed by atoms with Gasteiger partial charge < -0.3 is 10.8 Å². The molecule has 1 unspecified atom stereocenters. The molecule has 0 saturated heterocycles. The maximum absolute atomic E-state index is 9.05. The molecule has 0 aliphatic heterocycles. The van der Waals surface area contributed by atoms with Crippen molar-refractivity contribution in [3.8, 4) is 0 Å². The van der Waals surface area contributed by atoms with Gasteiger partial charge >= 0.3 is 0 Å². The van der Waals surface area contributed by atoms with Gasteiger partial charge in [-0.15, -0.1) is 0 Å². The SMILES string of the molecule is CC(C)c1ccc(Br)cc1C(N)CO. The smallest absolute Gasteiger partial charge is 0.0624 e. The van der Waals surface area contributed by atoms with E-state index in [1.807, 2.05) is 12.1 Å². The van der Waals surface area contributed by atoms with E-state index in [2.05, 4.69) is 35.8 Å². The van der Waals surface area contributed by atoms with Crippen molar-refractivity contribution in [3.05, 3.63) is 33.8 Å². The van der Waals surface area contributed by atoms with Crippen LogP contribution >= 0.6 is 15.9 Å². The molecule has 0 aliphatic carbocycles. The van der Waals surface area contributed by atoms with Crippen molar-refractivity contribution in [1.29, 1.82) is 0 Å². The fourth-order valence-corrected chi connectivity index (χ4v) is 1.87. The molecule has 1 aromatic carbocycles. The number of rotatable bonds is 3. The third-order valence-electron chi connectivity index (χ3n) is 2.27. The molecule has 3 heteroatoms. The average Bonchev–Trinajstić information content (AvgIpc) is 2.16. The van der Waals surface area contributed by atoms with Crippen LogP contribution in [0.4, 0.5) is 0 Å². The zero-order valence-electron chi connectivity index (χ0n) is 8.50. The molecule has 0 radical (unpaired) electrons. The van der Waals surface area contributed by atoms with E-state index in [-0.39, 0.29) is 12.6 Å². The fraction of sp³-hybridized carbons (Fsp3) is 0.455. The highest BCUT2D eigenvalue weighted by molar-refractivity contribution is 9.10. The minimum Gasteiger partial charge on any atom is -0.394 e. The van der Waals surface area contributed by atoms with Crippen molar-refractivity contribution < 1.29 is 5.11 Å². The first-order valence-corrected chi connectivity index (χ1v) is 5.51.